The van der Waals surface area contributed by atoms with Crippen LogP contribution in [0.4, 0.5) is 11.6 Å². The topological polar surface area (TPSA) is 126 Å². The maximum atomic E-state index is 12.8. The number of oxazole rings is 1. The molecule has 1 amide bonds. The van der Waals surface area contributed by atoms with Crippen LogP contribution in [-0.4, -0.2) is 32.6 Å². The quantitative estimate of drug-likeness (QED) is 0.271. The molecule has 3 N–H and O–H groups in total. The summed E-state index contributed by atoms with van der Waals surface area (Å²) >= 11 is 6.03. The van der Waals surface area contributed by atoms with Crippen molar-refractivity contribution < 1.29 is 18.7 Å². The van der Waals surface area contributed by atoms with Crippen LogP contribution < -0.4 is 10.6 Å². The van der Waals surface area contributed by atoms with Crippen molar-refractivity contribution in [3.8, 4) is 11.4 Å². The largest absolute Gasteiger partial charge is 0.462 e. The molecule has 0 aliphatic carbocycles. The first-order chi connectivity index (χ1) is 17.4. The van der Waals surface area contributed by atoms with E-state index in [1.165, 1.54) is 6.26 Å². The highest BCUT2D eigenvalue weighted by Gasteiger charge is 2.21. The number of fused-ring (bicyclic) bond motifs is 1. The molecule has 0 saturated carbocycles. The van der Waals surface area contributed by atoms with Crippen LogP contribution in [0.2, 0.25) is 5.02 Å². The number of carbonyl (C=O) groups is 1. The number of amides is 1. The lowest BCUT2D eigenvalue weighted by atomic mass is 10.1. The molecule has 36 heavy (non-hydrogen) atoms. The Morgan fingerprint density at radius 3 is 2.72 bits per heavy atom. The van der Waals surface area contributed by atoms with Gasteiger partial charge in [0.15, 0.2) is 0 Å². The number of benzene rings is 2. The highest BCUT2D eigenvalue weighted by molar-refractivity contribution is 6.30. The van der Waals surface area contributed by atoms with Crippen LogP contribution in [0.3, 0.4) is 0 Å². The summed E-state index contributed by atoms with van der Waals surface area (Å²) in [6.45, 7) is 3.50. The van der Waals surface area contributed by atoms with Crippen molar-refractivity contribution in [3.63, 3.8) is 0 Å². The average Bonchev–Trinajstić information content (AvgIpc) is 3.52. The summed E-state index contributed by atoms with van der Waals surface area (Å²) in [6, 6.07) is 12.1. The molecule has 0 unspecified atom stereocenters. The number of halogens is 1. The number of rotatable bonds is 7. The normalized spacial score (nSPS) is 12.0. The van der Waals surface area contributed by atoms with E-state index in [1.54, 1.807) is 36.7 Å². The van der Waals surface area contributed by atoms with Crippen molar-refractivity contribution in [1.82, 2.24) is 20.3 Å². The van der Waals surface area contributed by atoms with E-state index in [0.29, 0.717) is 27.9 Å². The second kappa shape index (κ2) is 9.80. The van der Waals surface area contributed by atoms with E-state index in [2.05, 4.69) is 25.6 Å². The summed E-state index contributed by atoms with van der Waals surface area (Å²) < 4.78 is 11.1. The third kappa shape index (κ3) is 4.66. The van der Waals surface area contributed by atoms with Crippen LogP contribution in [-0.2, 0) is 0 Å². The minimum atomic E-state index is -0.670. The zero-order valence-corrected chi connectivity index (χ0v) is 20.2. The monoisotopic (exact) mass is 503 g/mol. The number of hydrogen-bond donors (Lipinski definition) is 3. The van der Waals surface area contributed by atoms with E-state index in [9.17, 15) is 9.90 Å². The molecule has 0 aliphatic rings. The molecule has 5 aromatic rings. The highest BCUT2D eigenvalue weighted by atomic mass is 35.5. The molecule has 5 rings (SSSR count). The number of carbonyl (C=O) groups excluding carboxylic acids is 1. The molecule has 0 fully saturated rings. The molecule has 9 nitrogen and oxygen atoms in total. The fourth-order valence-electron chi connectivity index (χ4n) is 3.85. The van der Waals surface area contributed by atoms with Crippen molar-refractivity contribution in [2.45, 2.75) is 19.9 Å². The first-order valence-corrected chi connectivity index (χ1v) is 11.5. The van der Waals surface area contributed by atoms with Gasteiger partial charge in [0.1, 0.15) is 29.5 Å². The SMILES string of the molecule is Cc1cnc(Nc2coc3c(C)cccc23)nc1-c1coc(C(=O)N[C@H](CO)c2cccc(Cl)c2)n1. The summed E-state index contributed by atoms with van der Waals surface area (Å²) in [5.41, 5.74) is 4.85. The van der Waals surface area contributed by atoms with E-state index in [1.807, 2.05) is 32.0 Å². The first kappa shape index (κ1) is 23.5. The predicted molar refractivity (Wildman–Crippen MR) is 135 cm³/mol. The van der Waals surface area contributed by atoms with Gasteiger partial charge in [-0.05, 0) is 48.7 Å². The number of furan rings is 1. The summed E-state index contributed by atoms with van der Waals surface area (Å²) in [7, 11) is 0. The van der Waals surface area contributed by atoms with Crippen molar-refractivity contribution in [1.29, 1.82) is 0 Å². The fraction of sp³-hybridized carbons (Fsp3) is 0.154. The van der Waals surface area contributed by atoms with Gasteiger partial charge in [0.05, 0.1) is 18.3 Å². The van der Waals surface area contributed by atoms with Gasteiger partial charge in [0, 0.05) is 16.6 Å². The van der Waals surface area contributed by atoms with Gasteiger partial charge < -0.3 is 24.6 Å². The Labute approximate surface area is 211 Å². The Balaban J connectivity index is 1.37. The summed E-state index contributed by atoms with van der Waals surface area (Å²) in [5, 5.41) is 17.1. The zero-order valence-electron chi connectivity index (χ0n) is 19.4. The summed E-state index contributed by atoms with van der Waals surface area (Å²) in [6.07, 6.45) is 4.64. The molecular formula is C26H22ClN5O4. The Morgan fingerprint density at radius 2 is 1.92 bits per heavy atom. The third-order valence-corrected chi connectivity index (χ3v) is 5.93. The molecule has 3 heterocycles. The molecule has 0 radical (unpaired) electrons. The zero-order chi connectivity index (χ0) is 25.2. The van der Waals surface area contributed by atoms with Gasteiger partial charge in [0.25, 0.3) is 5.89 Å². The van der Waals surface area contributed by atoms with Gasteiger partial charge in [-0.25, -0.2) is 15.0 Å². The maximum absolute atomic E-state index is 12.8. The van der Waals surface area contributed by atoms with E-state index in [4.69, 9.17) is 20.4 Å². The summed E-state index contributed by atoms with van der Waals surface area (Å²) in [5.74, 6) is -0.394. The Hall–Kier alpha value is -4.21. The Bertz CT molecular complexity index is 1560. The van der Waals surface area contributed by atoms with Crippen molar-refractivity contribution in [3.05, 3.63) is 88.8 Å². The maximum Gasteiger partial charge on any atom is 0.307 e. The third-order valence-electron chi connectivity index (χ3n) is 5.69. The van der Waals surface area contributed by atoms with Gasteiger partial charge in [-0.3, -0.25) is 4.79 Å². The molecule has 1 atom stereocenters. The van der Waals surface area contributed by atoms with E-state index in [0.717, 1.165) is 27.8 Å². The number of aryl methyl sites for hydroxylation is 2. The molecular weight excluding hydrogens is 482 g/mol. The van der Waals surface area contributed by atoms with Crippen molar-refractivity contribution in [2.75, 3.05) is 11.9 Å². The van der Waals surface area contributed by atoms with Gasteiger partial charge in [0.2, 0.25) is 5.95 Å². The van der Waals surface area contributed by atoms with Crippen LogP contribution in [0.5, 0.6) is 0 Å². The second-order valence-electron chi connectivity index (χ2n) is 8.25. The van der Waals surface area contributed by atoms with E-state index < -0.39 is 11.9 Å². The minimum absolute atomic E-state index is 0.158. The minimum Gasteiger partial charge on any atom is -0.462 e. The number of aliphatic hydroxyl groups excluding tert-OH is 1. The van der Waals surface area contributed by atoms with Crippen LogP contribution in [0, 0.1) is 13.8 Å². The summed E-state index contributed by atoms with van der Waals surface area (Å²) in [4.78, 5) is 26.0. The number of para-hydroxylation sites is 1. The average molecular weight is 504 g/mol. The first-order valence-electron chi connectivity index (χ1n) is 11.1. The number of nitrogens with zero attached hydrogens (tertiary/aromatic N) is 3. The number of aliphatic hydroxyl groups is 1. The molecule has 0 spiro atoms. The molecule has 0 bridgehead atoms. The van der Waals surface area contributed by atoms with Crippen LogP contribution in [0.25, 0.3) is 22.4 Å². The van der Waals surface area contributed by atoms with Crippen molar-refractivity contribution >= 4 is 40.1 Å². The van der Waals surface area contributed by atoms with E-state index in [-0.39, 0.29) is 12.5 Å². The number of anilines is 2. The standard InChI is InChI=1S/C26H22ClN5O4/c1-14-5-3-8-18-20(12-35-23(14)18)31-26-28-10-15(2)22(32-26)21-13-36-25(30-21)24(34)29-19(11-33)16-6-4-7-17(27)9-16/h3-10,12-13,19,33H,11H2,1-2H3,(H,29,34)(H,28,31,32)/t19-/m1/s1. The van der Waals surface area contributed by atoms with Crippen LogP contribution >= 0.6 is 11.6 Å². The van der Waals surface area contributed by atoms with Gasteiger partial charge in [-0.15, -0.1) is 0 Å². The van der Waals surface area contributed by atoms with Crippen LogP contribution in [0.15, 0.2) is 70.0 Å². The predicted octanol–water partition coefficient (Wildman–Crippen LogP) is 5.36. The molecule has 182 valence electrons. The molecule has 0 aliphatic heterocycles. The van der Waals surface area contributed by atoms with Crippen LogP contribution in [0.1, 0.15) is 33.4 Å². The number of aromatic nitrogens is 3. The van der Waals surface area contributed by atoms with Gasteiger partial charge >= 0.3 is 5.91 Å². The van der Waals surface area contributed by atoms with Gasteiger partial charge in [-0.2, -0.15) is 0 Å². The smallest absolute Gasteiger partial charge is 0.307 e. The molecule has 10 heteroatoms. The lowest BCUT2D eigenvalue weighted by Crippen LogP contribution is -2.31. The Morgan fingerprint density at radius 1 is 1.08 bits per heavy atom. The molecule has 0 saturated heterocycles. The fourth-order valence-corrected chi connectivity index (χ4v) is 4.04. The number of nitrogens with one attached hydrogen (secondary N) is 2. The second-order valence-corrected chi connectivity index (χ2v) is 8.69. The Kier molecular flexibility index (Phi) is 6.41. The molecule has 3 aromatic heterocycles. The highest BCUT2D eigenvalue weighted by Crippen LogP contribution is 2.30. The lowest BCUT2D eigenvalue weighted by molar-refractivity contribution is 0.0881. The van der Waals surface area contributed by atoms with E-state index >= 15 is 0 Å². The lowest BCUT2D eigenvalue weighted by Gasteiger charge is -2.15. The van der Waals surface area contributed by atoms with Gasteiger partial charge in [-0.1, -0.05) is 35.9 Å². The molecule has 2 aromatic carbocycles. The van der Waals surface area contributed by atoms with Crippen molar-refractivity contribution in [2.24, 2.45) is 0 Å². The number of hydrogen-bond acceptors (Lipinski definition) is 8.